The van der Waals surface area contributed by atoms with Crippen LogP contribution in [-0.2, 0) is 33.3 Å². The van der Waals surface area contributed by atoms with E-state index in [0.717, 1.165) is 128 Å². The van der Waals surface area contributed by atoms with E-state index in [1.165, 1.54) is 212 Å². The maximum Gasteiger partial charge on any atom is 0.361 e. The topological polar surface area (TPSA) is 108 Å². The lowest BCUT2D eigenvalue weighted by atomic mass is 10.0. The second-order valence-corrected chi connectivity index (χ2v) is 30.1. The van der Waals surface area contributed by atoms with Gasteiger partial charge in [-0.25, -0.2) is 4.79 Å². The first-order valence-corrected chi connectivity index (χ1v) is 43.6. The Morgan fingerprint density at radius 1 is 0.295 bits per heavy atom. The zero-order valence-electron chi connectivity index (χ0n) is 68.8. The molecule has 0 aliphatic heterocycles. The Bertz CT molecular complexity index is 2300. The summed E-state index contributed by atoms with van der Waals surface area (Å²) in [6.07, 6.45) is 123. The minimum Gasteiger partial charge on any atom is -0.477 e. The summed E-state index contributed by atoms with van der Waals surface area (Å²) in [5.74, 6) is -2.03. The van der Waals surface area contributed by atoms with Crippen molar-refractivity contribution < 1.29 is 42.9 Å². The lowest BCUT2D eigenvalue weighted by Gasteiger charge is -2.25. The van der Waals surface area contributed by atoms with Crippen molar-refractivity contribution in [3.8, 4) is 0 Å². The van der Waals surface area contributed by atoms with Crippen LogP contribution in [0.4, 0.5) is 0 Å². The number of hydrogen-bond donors (Lipinski definition) is 1. The van der Waals surface area contributed by atoms with E-state index in [1.54, 1.807) is 0 Å². The van der Waals surface area contributed by atoms with E-state index in [1.807, 2.05) is 21.1 Å². The molecule has 0 aromatic rings. The van der Waals surface area contributed by atoms with Gasteiger partial charge in [0.15, 0.2) is 6.10 Å². The van der Waals surface area contributed by atoms with Gasteiger partial charge in [-0.3, -0.25) is 9.59 Å². The maximum atomic E-state index is 13.0. The minimum absolute atomic E-state index is 0.178. The van der Waals surface area contributed by atoms with Crippen molar-refractivity contribution >= 4 is 17.9 Å². The fourth-order valence-corrected chi connectivity index (χ4v) is 12.2. The zero-order valence-corrected chi connectivity index (χ0v) is 68.8. The highest BCUT2D eigenvalue weighted by atomic mass is 16.7. The Balaban J connectivity index is 4.05. The van der Waals surface area contributed by atoms with Gasteiger partial charge in [-0.05, 0) is 128 Å². The number of rotatable bonds is 80. The Labute approximate surface area is 648 Å². The highest BCUT2D eigenvalue weighted by Gasteiger charge is 2.25. The molecule has 0 heterocycles. The molecule has 2 atom stereocenters. The Kier molecular flexibility index (Phi) is 80.4. The Morgan fingerprint density at radius 3 is 0.810 bits per heavy atom. The van der Waals surface area contributed by atoms with Gasteiger partial charge in [0.25, 0.3) is 6.29 Å². The molecule has 105 heavy (non-hydrogen) atoms. The third kappa shape index (κ3) is 86.0. The molecular formula is C96H164NO8+. The summed E-state index contributed by atoms with van der Waals surface area (Å²) in [5, 5.41) is 9.79. The van der Waals surface area contributed by atoms with Crippen LogP contribution in [0.3, 0.4) is 0 Å². The molecule has 0 spiro atoms. The fourth-order valence-electron chi connectivity index (χ4n) is 12.2. The number of allylic oxidation sites excluding steroid dienone is 26. The van der Waals surface area contributed by atoms with E-state index >= 15 is 0 Å². The van der Waals surface area contributed by atoms with Gasteiger partial charge in [-0.2, -0.15) is 0 Å². The molecule has 0 bridgehead atoms. The van der Waals surface area contributed by atoms with Crippen LogP contribution in [-0.4, -0.2) is 87.4 Å². The Hall–Kier alpha value is -5.09. The quantitative estimate of drug-likeness (QED) is 0.0211. The van der Waals surface area contributed by atoms with Crippen LogP contribution < -0.4 is 0 Å². The van der Waals surface area contributed by atoms with Gasteiger partial charge in [-0.1, -0.05) is 390 Å². The van der Waals surface area contributed by atoms with E-state index in [9.17, 15) is 19.5 Å². The number of carbonyl (C=O) groups is 3. The van der Waals surface area contributed by atoms with Gasteiger partial charge in [0.05, 0.1) is 34.4 Å². The second kappa shape index (κ2) is 84.5. The third-order valence-electron chi connectivity index (χ3n) is 18.8. The van der Waals surface area contributed by atoms with E-state index in [2.05, 4.69) is 172 Å². The van der Waals surface area contributed by atoms with Gasteiger partial charge >= 0.3 is 17.9 Å². The molecule has 0 fully saturated rings. The van der Waals surface area contributed by atoms with Crippen LogP contribution in [0.5, 0.6) is 0 Å². The number of aliphatic carboxylic acids is 1. The zero-order chi connectivity index (χ0) is 76.0. The first kappa shape index (κ1) is 99.9. The first-order chi connectivity index (χ1) is 51.6. The van der Waals surface area contributed by atoms with E-state index < -0.39 is 24.3 Å². The number of unbranched alkanes of at least 4 members (excludes halogenated alkanes) is 39. The van der Waals surface area contributed by atoms with Crippen LogP contribution in [0.1, 0.15) is 373 Å². The van der Waals surface area contributed by atoms with Gasteiger partial charge in [0.2, 0.25) is 0 Å². The fraction of sp³-hybridized carbons (Fsp3) is 0.698. The third-order valence-corrected chi connectivity index (χ3v) is 18.8. The lowest BCUT2D eigenvalue weighted by molar-refractivity contribution is -0.870. The second-order valence-electron chi connectivity index (χ2n) is 30.1. The summed E-state index contributed by atoms with van der Waals surface area (Å²) >= 11 is 0. The number of likely N-dealkylation sites (N-methyl/N-ethyl adjacent to an activating group) is 1. The van der Waals surface area contributed by atoms with Crippen molar-refractivity contribution in [2.45, 2.75) is 386 Å². The van der Waals surface area contributed by atoms with Crippen LogP contribution in [0.15, 0.2) is 158 Å². The number of carbonyl (C=O) groups excluding carboxylic acids is 2. The number of carboxylic acids is 1. The molecule has 600 valence electrons. The molecule has 0 saturated carbocycles. The number of ether oxygens (including phenoxy) is 4. The highest BCUT2D eigenvalue weighted by molar-refractivity contribution is 5.71. The van der Waals surface area contributed by atoms with E-state index in [0.29, 0.717) is 23.9 Å². The van der Waals surface area contributed by atoms with E-state index in [4.69, 9.17) is 18.9 Å². The Morgan fingerprint density at radius 2 is 0.543 bits per heavy atom. The summed E-state index contributed by atoms with van der Waals surface area (Å²) < 4.78 is 23.0. The van der Waals surface area contributed by atoms with Gasteiger partial charge in [-0.15, -0.1) is 0 Å². The molecule has 2 unspecified atom stereocenters. The predicted octanol–water partition coefficient (Wildman–Crippen LogP) is 28.7. The molecule has 1 N–H and O–H groups in total. The van der Waals surface area contributed by atoms with Crippen molar-refractivity contribution in [3.05, 3.63) is 158 Å². The van der Waals surface area contributed by atoms with Crippen LogP contribution in [0.2, 0.25) is 0 Å². The first-order valence-electron chi connectivity index (χ1n) is 43.6. The molecule has 9 nitrogen and oxygen atoms in total. The SMILES string of the molecule is CC/C=C\C/C=C\C/C=C\C/C=C\C/C=C\C/C=C\C/C=C\C/C=C\C/C=C\C/C=C\C/C=C\CCCCCCCC(=O)OC(COC(=O)CCCCCCCCCCCCCCCCCCCCCCCCCCCCCCC/C=C\C/C=C\CCCCCCC)COC(OCC[N+](C)(C)C)C(=O)O. The average Bonchev–Trinajstić information content (AvgIpc) is 1.97. The van der Waals surface area contributed by atoms with Crippen LogP contribution in [0.25, 0.3) is 0 Å². The van der Waals surface area contributed by atoms with Crippen LogP contribution in [0, 0.1) is 0 Å². The minimum atomic E-state index is -1.53. The van der Waals surface area contributed by atoms with Crippen molar-refractivity contribution in [1.29, 1.82) is 0 Å². The molecule has 0 saturated heterocycles. The number of nitrogens with zero attached hydrogens (tertiary/aromatic N) is 1. The molecule has 0 aliphatic rings. The molecule has 0 aliphatic carbocycles. The monoisotopic (exact) mass is 1460 g/mol. The largest absolute Gasteiger partial charge is 0.477 e. The van der Waals surface area contributed by atoms with Gasteiger partial charge in [0, 0.05) is 12.8 Å². The van der Waals surface area contributed by atoms with Crippen molar-refractivity contribution in [2.24, 2.45) is 0 Å². The van der Waals surface area contributed by atoms with Crippen molar-refractivity contribution in [2.75, 3.05) is 47.5 Å². The molecule has 0 aromatic heterocycles. The summed E-state index contributed by atoms with van der Waals surface area (Å²) in [6.45, 7) is 4.75. The maximum absolute atomic E-state index is 13.0. The highest BCUT2D eigenvalue weighted by Crippen LogP contribution is 2.19. The van der Waals surface area contributed by atoms with Gasteiger partial charge < -0.3 is 28.5 Å². The lowest BCUT2D eigenvalue weighted by Crippen LogP contribution is -2.40. The molecule has 9 heteroatoms. The molecule has 0 aromatic carbocycles. The normalized spacial score (nSPS) is 13.4. The molecule has 0 radical (unpaired) electrons. The van der Waals surface area contributed by atoms with Crippen molar-refractivity contribution in [3.63, 3.8) is 0 Å². The molecule has 0 amide bonds. The van der Waals surface area contributed by atoms with Crippen molar-refractivity contribution in [1.82, 2.24) is 0 Å². The van der Waals surface area contributed by atoms with Gasteiger partial charge in [0.1, 0.15) is 13.2 Å². The van der Waals surface area contributed by atoms with Crippen LogP contribution >= 0.6 is 0 Å². The van der Waals surface area contributed by atoms with E-state index in [-0.39, 0.29) is 32.2 Å². The average molecular weight is 1460 g/mol. The summed E-state index contributed by atoms with van der Waals surface area (Å²) in [5.41, 5.74) is 0. The smallest absolute Gasteiger partial charge is 0.361 e. The number of carboxylic acid groups (broad SMARTS) is 1. The molecule has 0 rings (SSSR count). The predicted molar refractivity (Wildman–Crippen MR) is 456 cm³/mol. The standard InChI is InChI=1S/C96H163NO8/c1-6-8-10-12-14-16-18-20-22-24-26-28-30-32-34-36-38-40-42-44-46-47-49-50-52-54-56-58-60-62-64-66-68-70-72-74-76-78-80-82-84-86-93(98)103-90-92(91-104-96(95(100)101)102-89-88-97(3,4)5)105-94(99)87-85-83-81-79-77-75-73-71-69-67-65-63-61-59-57-55-53-51-48-45-43-41-39-37-35-33-31-29-27-25-23-21-19-17-15-13-11-9-7-2/h9,11,15,17-18,20-21,23-24,26-27,29,33,35,39,41,45,48,53,55,59,61,65,67,71,73,92,96H,6-8,10,12-14,16,19,22,25,28,30-32,34,36-38,40,42-44,46-47,49-52,54,56-58,60,62-64,66,68-70,72,74-91H2,1-5H3/p+1/b11-9-,17-15-,20-18-,23-21-,26-24-,29-27-,35-33-,41-39-,48-45-,55-53-,61-59-,67-65-,73-71-. The summed E-state index contributed by atoms with van der Waals surface area (Å²) in [4.78, 5) is 37.8. The summed E-state index contributed by atoms with van der Waals surface area (Å²) in [6, 6.07) is 0. The summed E-state index contributed by atoms with van der Waals surface area (Å²) in [7, 11) is 5.98. The number of hydrogen-bond acceptors (Lipinski definition) is 7. The molecular weight excluding hydrogens is 1300 g/mol. The number of quaternary nitrogens is 1. The number of esters is 2.